The number of aromatic amines is 1. The summed E-state index contributed by atoms with van der Waals surface area (Å²) in [5.41, 5.74) is 2.02. The van der Waals surface area contributed by atoms with Crippen molar-refractivity contribution in [2.24, 2.45) is 0 Å². The molecule has 1 atom stereocenters. The fraction of sp³-hybridized carbons (Fsp3) is 0.150. The van der Waals surface area contributed by atoms with E-state index < -0.39 is 6.04 Å². The predicted molar refractivity (Wildman–Crippen MR) is 101 cm³/mol. The van der Waals surface area contributed by atoms with Gasteiger partial charge in [0.1, 0.15) is 11.6 Å². The molecule has 130 valence electrons. The summed E-state index contributed by atoms with van der Waals surface area (Å²) in [5, 5.41) is 11.0. The smallest absolute Gasteiger partial charge is 0.288 e. The first-order valence-corrected chi connectivity index (χ1v) is 8.45. The van der Waals surface area contributed by atoms with Gasteiger partial charge in [0.2, 0.25) is 5.91 Å². The first-order chi connectivity index (χ1) is 12.7. The number of hydrogen-bond acceptors (Lipinski definition) is 3. The van der Waals surface area contributed by atoms with Crippen LogP contribution in [0.15, 0.2) is 65.6 Å². The number of para-hydroxylation sites is 1. The van der Waals surface area contributed by atoms with Gasteiger partial charge in [-0.05, 0) is 18.6 Å². The number of H-pyrrole nitrogens is 1. The Bertz CT molecular complexity index is 1140. The van der Waals surface area contributed by atoms with Crippen LogP contribution in [0.1, 0.15) is 18.5 Å². The highest BCUT2D eigenvalue weighted by molar-refractivity contribution is 6.08. The second kappa shape index (κ2) is 6.48. The molecule has 4 rings (SSSR count). The molecule has 0 aliphatic carbocycles. The summed E-state index contributed by atoms with van der Waals surface area (Å²) < 4.78 is 1.78. The Morgan fingerprint density at radius 2 is 1.85 bits per heavy atom. The van der Waals surface area contributed by atoms with Crippen molar-refractivity contribution in [3.63, 3.8) is 0 Å². The molecule has 0 radical (unpaired) electrons. The molecule has 2 aromatic carbocycles. The van der Waals surface area contributed by atoms with Crippen LogP contribution in [-0.2, 0) is 11.3 Å². The summed E-state index contributed by atoms with van der Waals surface area (Å²) in [5.74, 6) is -0.146. The highest BCUT2D eigenvalue weighted by Crippen LogP contribution is 2.29. The average Bonchev–Trinajstić information content (AvgIpc) is 3.02. The number of nitrogens with zero attached hydrogens (tertiary/aromatic N) is 2. The zero-order chi connectivity index (χ0) is 18.1. The van der Waals surface area contributed by atoms with E-state index >= 15 is 0 Å². The molecule has 0 fully saturated rings. The largest absolute Gasteiger partial charge is 0.350 e. The summed E-state index contributed by atoms with van der Waals surface area (Å²) in [6.07, 6.45) is 1.63. The summed E-state index contributed by atoms with van der Waals surface area (Å²) in [6, 6.07) is 16.8. The lowest BCUT2D eigenvalue weighted by molar-refractivity contribution is -0.123. The normalized spacial score (nSPS) is 12.3. The quantitative estimate of drug-likeness (QED) is 0.596. The minimum Gasteiger partial charge on any atom is -0.350 e. The molecule has 2 heterocycles. The maximum Gasteiger partial charge on any atom is 0.288 e. The van der Waals surface area contributed by atoms with Crippen molar-refractivity contribution < 1.29 is 4.79 Å². The molecule has 6 nitrogen and oxygen atoms in total. The van der Waals surface area contributed by atoms with Crippen molar-refractivity contribution in [1.29, 1.82) is 0 Å². The van der Waals surface area contributed by atoms with E-state index in [1.165, 1.54) is 0 Å². The van der Waals surface area contributed by atoms with Crippen LogP contribution in [0, 0.1) is 0 Å². The summed E-state index contributed by atoms with van der Waals surface area (Å²) in [4.78, 5) is 25.2. The van der Waals surface area contributed by atoms with Crippen LogP contribution in [0.4, 0.5) is 0 Å². The molecule has 6 heteroatoms. The van der Waals surface area contributed by atoms with Crippen LogP contribution in [-0.4, -0.2) is 20.7 Å². The Balaban J connectivity index is 1.75. The standard InChI is InChI=1S/C20H18N4O2/c1-13(19(25)21-11-14-7-3-2-4-8-14)24-17-10-6-5-9-15(17)16-12-22-23-20(26)18(16)24/h2-10,12-13H,11H2,1H3,(H,21,25)(H,23,26)/t13-/m1/s1. The fourth-order valence-corrected chi connectivity index (χ4v) is 3.31. The SMILES string of the molecule is C[C@H](C(=O)NCc1ccccc1)n1c2ccccc2c2cn[nH]c(=O)c21. The lowest BCUT2D eigenvalue weighted by Gasteiger charge is -2.16. The van der Waals surface area contributed by atoms with E-state index in [0.717, 1.165) is 21.9 Å². The van der Waals surface area contributed by atoms with Gasteiger partial charge in [-0.3, -0.25) is 9.59 Å². The van der Waals surface area contributed by atoms with Crippen molar-refractivity contribution in [3.05, 3.63) is 76.7 Å². The zero-order valence-electron chi connectivity index (χ0n) is 14.3. The van der Waals surface area contributed by atoms with E-state index in [1.54, 1.807) is 17.7 Å². The van der Waals surface area contributed by atoms with Gasteiger partial charge >= 0.3 is 0 Å². The predicted octanol–water partition coefficient (Wildman–Crippen LogP) is 2.76. The first-order valence-electron chi connectivity index (χ1n) is 8.45. The van der Waals surface area contributed by atoms with Gasteiger partial charge < -0.3 is 9.88 Å². The average molecular weight is 346 g/mol. The molecular weight excluding hydrogens is 328 g/mol. The summed E-state index contributed by atoms with van der Waals surface area (Å²) >= 11 is 0. The highest BCUT2D eigenvalue weighted by atomic mass is 16.2. The summed E-state index contributed by atoms with van der Waals surface area (Å²) in [7, 11) is 0. The molecular formula is C20H18N4O2. The first kappa shape index (κ1) is 16.1. The van der Waals surface area contributed by atoms with Crippen LogP contribution in [0.25, 0.3) is 21.8 Å². The number of aromatic nitrogens is 3. The van der Waals surface area contributed by atoms with Crippen LogP contribution in [0.3, 0.4) is 0 Å². The second-order valence-electron chi connectivity index (χ2n) is 6.23. The molecule has 26 heavy (non-hydrogen) atoms. The van der Waals surface area contributed by atoms with Crippen LogP contribution < -0.4 is 10.9 Å². The number of carbonyl (C=O) groups is 1. The Labute approximate surface area is 149 Å². The Hall–Kier alpha value is -3.41. The van der Waals surface area contributed by atoms with E-state index in [0.29, 0.717) is 12.1 Å². The van der Waals surface area contributed by atoms with E-state index in [2.05, 4.69) is 15.5 Å². The number of nitrogens with one attached hydrogen (secondary N) is 2. The third-order valence-electron chi connectivity index (χ3n) is 4.60. The Morgan fingerprint density at radius 1 is 1.12 bits per heavy atom. The lowest BCUT2D eigenvalue weighted by atomic mass is 10.2. The van der Waals surface area contributed by atoms with Gasteiger partial charge in [0.25, 0.3) is 5.56 Å². The Morgan fingerprint density at radius 3 is 2.65 bits per heavy atom. The molecule has 0 saturated heterocycles. The molecule has 0 aliphatic rings. The second-order valence-corrected chi connectivity index (χ2v) is 6.23. The zero-order valence-corrected chi connectivity index (χ0v) is 14.3. The van der Waals surface area contributed by atoms with Gasteiger partial charge in [-0.1, -0.05) is 48.5 Å². The van der Waals surface area contributed by atoms with Crippen LogP contribution in [0.5, 0.6) is 0 Å². The number of rotatable bonds is 4. The number of fused-ring (bicyclic) bond motifs is 3. The number of benzene rings is 2. The number of carbonyl (C=O) groups excluding carboxylic acids is 1. The van der Waals surface area contributed by atoms with Gasteiger partial charge in [-0.15, -0.1) is 0 Å². The molecule has 2 aromatic heterocycles. The van der Waals surface area contributed by atoms with E-state index in [9.17, 15) is 9.59 Å². The maximum atomic E-state index is 12.8. The molecule has 0 spiro atoms. The molecule has 0 aliphatic heterocycles. The monoisotopic (exact) mass is 346 g/mol. The van der Waals surface area contributed by atoms with Gasteiger partial charge in [0, 0.05) is 17.3 Å². The molecule has 4 aromatic rings. The van der Waals surface area contributed by atoms with Gasteiger partial charge in [0.15, 0.2) is 0 Å². The van der Waals surface area contributed by atoms with Gasteiger partial charge in [0.05, 0.1) is 11.7 Å². The van der Waals surface area contributed by atoms with Crippen molar-refractivity contribution >= 4 is 27.7 Å². The lowest BCUT2D eigenvalue weighted by Crippen LogP contribution is -2.31. The number of amides is 1. The summed E-state index contributed by atoms with van der Waals surface area (Å²) in [6.45, 7) is 2.24. The molecule has 0 unspecified atom stereocenters. The molecule has 0 saturated carbocycles. The van der Waals surface area contributed by atoms with E-state index in [-0.39, 0.29) is 11.5 Å². The fourth-order valence-electron chi connectivity index (χ4n) is 3.31. The topological polar surface area (TPSA) is 79.8 Å². The van der Waals surface area contributed by atoms with Crippen LogP contribution in [0.2, 0.25) is 0 Å². The third-order valence-corrected chi connectivity index (χ3v) is 4.60. The van der Waals surface area contributed by atoms with Crippen molar-refractivity contribution in [2.45, 2.75) is 19.5 Å². The highest BCUT2D eigenvalue weighted by Gasteiger charge is 2.22. The maximum absolute atomic E-state index is 12.8. The minimum atomic E-state index is -0.537. The Kier molecular flexibility index (Phi) is 4.01. The van der Waals surface area contributed by atoms with Gasteiger partial charge in [-0.25, -0.2) is 5.10 Å². The van der Waals surface area contributed by atoms with Crippen LogP contribution >= 0.6 is 0 Å². The molecule has 1 amide bonds. The minimum absolute atomic E-state index is 0.146. The van der Waals surface area contributed by atoms with Crippen molar-refractivity contribution in [3.8, 4) is 0 Å². The van der Waals surface area contributed by atoms with Gasteiger partial charge in [-0.2, -0.15) is 5.10 Å². The van der Waals surface area contributed by atoms with Crippen molar-refractivity contribution in [2.75, 3.05) is 0 Å². The van der Waals surface area contributed by atoms with Crippen molar-refractivity contribution in [1.82, 2.24) is 20.1 Å². The van der Waals surface area contributed by atoms with E-state index in [1.807, 2.05) is 54.6 Å². The number of hydrogen-bond donors (Lipinski definition) is 2. The molecule has 0 bridgehead atoms. The third kappa shape index (κ3) is 2.65. The molecule has 2 N–H and O–H groups in total. The van der Waals surface area contributed by atoms with E-state index in [4.69, 9.17) is 0 Å².